The van der Waals surface area contributed by atoms with E-state index in [4.69, 9.17) is 0 Å². The van der Waals surface area contributed by atoms with Crippen molar-refractivity contribution in [2.24, 2.45) is 5.92 Å². The Hall–Kier alpha value is -1.51. The molecule has 0 saturated carbocycles. The highest BCUT2D eigenvalue weighted by Gasteiger charge is 2.25. The van der Waals surface area contributed by atoms with Crippen molar-refractivity contribution < 1.29 is 9.90 Å². The van der Waals surface area contributed by atoms with E-state index in [-0.39, 0.29) is 17.7 Å². The zero-order valence-corrected chi connectivity index (χ0v) is 13.3. The molecule has 0 aliphatic heterocycles. The molecule has 0 radical (unpaired) electrons. The molecular formula is C17H27NO2. The molecule has 0 saturated heterocycles. The molecule has 0 spiro atoms. The van der Waals surface area contributed by atoms with Crippen LogP contribution in [0.15, 0.2) is 18.2 Å². The zero-order valence-electron chi connectivity index (χ0n) is 13.3. The number of phenols is 1. The van der Waals surface area contributed by atoms with Crippen molar-refractivity contribution in [1.29, 1.82) is 0 Å². The Morgan fingerprint density at radius 3 is 2.30 bits per heavy atom. The van der Waals surface area contributed by atoms with Crippen molar-refractivity contribution in [3.8, 4) is 5.75 Å². The number of hydrogen-bond donors (Lipinski definition) is 1. The lowest BCUT2D eigenvalue weighted by atomic mass is 10.0. The molecule has 0 heterocycles. The predicted molar refractivity (Wildman–Crippen MR) is 83.1 cm³/mol. The first-order chi connectivity index (χ1) is 9.40. The number of hydrogen-bond acceptors (Lipinski definition) is 2. The van der Waals surface area contributed by atoms with Gasteiger partial charge < -0.3 is 10.0 Å². The second-order valence-electron chi connectivity index (χ2n) is 5.84. The summed E-state index contributed by atoms with van der Waals surface area (Å²) in [5.41, 5.74) is 1.36. The van der Waals surface area contributed by atoms with Crippen molar-refractivity contribution >= 4 is 5.91 Å². The molecule has 0 aliphatic carbocycles. The van der Waals surface area contributed by atoms with Crippen LogP contribution in [0.2, 0.25) is 0 Å². The Bertz CT molecular complexity index is 450. The molecular weight excluding hydrogens is 250 g/mol. The molecule has 20 heavy (non-hydrogen) atoms. The van der Waals surface area contributed by atoms with Crippen LogP contribution in [0, 0.1) is 12.8 Å². The van der Waals surface area contributed by atoms with Crippen molar-refractivity contribution in [2.45, 2.75) is 53.5 Å². The standard InChI is InChI=1S/C17H27NO2/c1-6-14(7-2)18(11-12(3)4)17(20)15-9-8-13(5)10-16(15)19/h8-10,12,14,19H,6-7,11H2,1-5H3. The van der Waals surface area contributed by atoms with Crippen LogP contribution in [0.1, 0.15) is 56.5 Å². The molecule has 1 aromatic rings. The molecule has 112 valence electrons. The second kappa shape index (κ2) is 7.32. The van der Waals surface area contributed by atoms with E-state index >= 15 is 0 Å². The van der Waals surface area contributed by atoms with E-state index in [1.165, 1.54) is 0 Å². The van der Waals surface area contributed by atoms with Gasteiger partial charge in [0, 0.05) is 12.6 Å². The fourth-order valence-corrected chi connectivity index (χ4v) is 2.50. The highest BCUT2D eigenvalue weighted by atomic mass is 16.3. The predicted octanol–water partition coefficient (Wildman–Crippen LogP) is 3.99. The lowest BCUT2D eigenvalue weighted by Gasteiger charge is -2.32. The molecule has 1 amide bonds. The van der Waals surface area contributed by atoms with Crippen molar-refractivity contribution in [3.05, 3.63) is 29.3 Å². The summed E-state index contributed by atoms with van der Waals surface area (Å²) in [5, 5.41) is 10.0. The van der Waals surface area contributed by atoms with Gasteiger partial charge in [0.25, 0.3) is 5.91 Å². The third kappa shape index (κ3) is 3.99. The van der Waals surface area contributed by atoms with Crippen LogP contribution in [0.4, 0.5) is 0 Å². The Balaban J connectivity index is 3.09. The maximum atomic E-state index is 12.7. The molecule has 1 aromatic carbocycles. The number of aryl methyl sites for hydroxylation is 1. The number of phenolic OH excluding ortho intramolecular Hbond substituents is 1. The molecule has 0 aliphatic rings. The number of nitrogens with zero attached hydrogens (tertiary/aromatic N) is 1. The fraction of sp³-hybridized carbons (Fsp3) is 0.588. The summed E-state index contributed by atoms with van der Waals surface area (Å²) in [7, 11) is 0. The Labute approximate surface area is 122 Å². The highest BCUT2D eigenvalue weighted by molar-refractivity contribution is 5.97. The summed E-state index contributed by atoms with van der Waals surface area (Å²) in [6.07, 6.45) is 1.86. The first kappa shape index (κ1) is 16.5. The van der Waals surface area contributed by atoms with Gasteiger partial charge in [0.2, 0.25) is 0 Å². The largest absolute Gasteiger partial charge is 0.507 e. The van der Waals surface area contributed by atoms with Gasteiger partial charge in [-0.1, -0.05) is 33.8 Å². The van der Waals surface area contributed by atoms with Gasteiger partial charge in [-0.2, -0.15) is 0 Å². The summed E-state index contributed by atoms with van der Waals surface area (Å²) in [4.78, 5) is 14.6. The van der Waals surface area contributed by atoms with Gasteiger partial charge >= 0.3 is 0 Å². The third-order valence-electron chi connectivity index (χ3n) is 3.59. The summed E-state index contributed by atoms with van der Waals surface area (Å²) >= 11 is 0. The summed E-state index contributed by atoms with van der Waals surface area (Å²) in [5.74, 6) is 0.423. The average molecular weight is 277 g/mol. The summed E-state index contributed by atoms with van der Waals surface area (Å²) in [6, 6.07) is 5.47. The second-order valence-corrected chi connectivity index (χ2v) is 5.84. The van der Waals surface area contributed by atoms with E-state index < -0.39 is 0 Å². The van der Waals surface area contributed by atoms with Gasteiger partial charge in [-0.05, 0) is 43.4 Å². The number of rotatable bonds is 6. The van der Waals surface area contributed by atoms with Crippen LogP contribution in [-0.2, 0) is 0 Å². The maximum Gasteiger partial charge on any atom is 0.257 e. The fourth-order valence-electron chi connectivity index (χ4n) is 2.50. The number of benzene rings is 1. The molecule has 0 atom stereocenters. The van der Waals surface area contributed by atoms with Gasteiger partial charge in [0.1, 0.15) is 5.75 Å². The molecule has 0 unspecified atom stereocenters. The lowest BCUT2D eigenvalue weighted by molar-refractivity contribution is 0.0637. The molecule has 0 aromatic heterocycles. The molecule has 3 nitrogen and oxygen atoms in total. The number of aromatic hydroxyl groups is 1. The van der Waals surface area contributed by atoms with Gasteiger partial charge in [-0.25, -0.2) is 0 Å². The molecule has 0 bridgehead atoms. The number of carbonyl (C=O) groups is 1. The molecule has 1 N–H and O–H groups in total. The van der Waals surface area contributed by atoms with E-state index in [9.17, 15) is 9.90 Å². The van der Waals surface area contributed by atoms with Gasteiger partial charge in [0.15, 0.2) is 0 Å². The normalized spacial score (nSPS) is 11.2. The third-order valence-corrected chi connectivity index (χ3v) is 3.59. The lowest BCUT2D eigenvalue weighted by Crippen LogP contribution is -2.42. The zero-order chi connectivity index (χ0) is 15.3. The van der Waals surface area contributed by atoms with Crippen LogP contribution in [0.25, 0.3) is 0 Å². The first-order valence-corrected chi connectivity index (χ1v) is 7.51. The quantitative estimate of drug-likeness (QED) is 0.854. The summed E-state index contributed by atoms with van der Waals surface area (Å²) in [6.45, 7) is 11.0. The van der Waals surface area contributed by atoms with Crippen molar-refractivity contribution in [1.82, 2.24) is 4.90 Å². The van der Waals surface area contributed by atoms with E-state index in [1.54, 1.807) is 12.1 Å². The number of amides is 1. The van der Waals surface area contributed by atoms with Crippen molar-refractivity contribution in [2.75, 3.05) is 6.54 Å². The Morgan fingerprint density at radius 1 is 1.25 bits per heavy atom. The van der Waals surface area contributed by atoms with Crippen LogP contribution in [0.5, 0.6) is 5.75 Å². The first-order valence-electron chi connectivity index (χ1n) is 7.51. The molecule has 1 rings (SSSR count). The highest BCUT2D eigenvalue weighted by Crippen LogP contribution is 2.23. The van der Waals surface area contributed by atoms with E-state index in [0.29, 0.717) is 11.5 Å². The van der Waals surface area contributed by atoms with Crippen LogP contribution >= 0.6 is 0 Å². The van der Waals surface area contributed by atoms with Crippen LogP contribution in [-0.4, -0.2) is 28.5 Å². The van der Waals surface area contributed by atoms with Gasteiger partial charge in [-0.15, -0.1) is 0 Å². The molecule has 0 fully saturated rings. The monoisotopic (exact) mass is 277 g/mol. The van der Waals surface area contributed by atoms with Crippen LogP contribution < -0.4 is 0 Å². The Kier molecular flexibility index (Phi) is 6.05. The topological polar surface area (TPSA) is 40.5 Å². The molecule has 3 heteroatoms. The van der Waals surface area contributed by atoms with Crippen molar-refractivity contribution in [3.63, 3.8) is 0 Å². The van der Waals surface area contributed by atoms with Gasteiger partial charge in [-0.3, -0.25) is 4.79 Å². The SMILES string of the molecule is CCC(CC)N(CC(C)C)C(=O)c1ccc(C)cc1O. The van der Waals surface area contributed by atoms with E-state index in [0.717, 1.165) is 24.9 Å². The van der Waals surface area contributed by atoms with E-state index in [2.05, 4.69) is 27.7 Å². The average Bonchev–Trinajstić information content (AvgIpc) is 2.37. The van der Waals surface area contributed by atoms with E-state index in [1.807, 2.05) is 17.9 Å². The minimum Gasteiger partial charge on any atom is -0.507 e. The van der Waals surface area contributed by atoms with Gasteiger partial charge in [0.05, 0.1) is 5.56 Å². The smallest absolute Gasteiger partial charge is 0.257 e. The van der Waals surface area contributed by atoms with Crippen LogP contribution in [0.3, 0.4) is 0 Å². The minimum absolute atomic E-state index is 0.0649. The Morgan fingerprint density at radius 2 is 1.85 bits per heavy atom. The maximum absolute atomic E-state index is 12.7. The minimum atomic E-state index is -0.0649. The number of carbonyl (C=O) groups excluding carboxylic acids is 1. The summed E-state index contributed by atoms with van der Waals surface area (Å²) < 4.78 is 0.